The summed E-state index contributed by atoms with van der Waals surface area (Å²) in [6.07, 6.45) is 1.96. The molecular weight excluding hydrogens is 166 g/mol. The number of nitrogens with zero attached hydrogens (tertiary/aromatic N) is 1. The van der Waals surface area contributed by atoms with Crippen molar-refractivity contribution in [2.75, 3.05) is 0 Å². The molecule has 0 aliphatic rings. The maximum absolute atomic E-state index is 9.48. The Kier molecular flexibility index (Phi) is 2.49. The number of aromatic hydroxyl groups is 1. The minimum absolute atomic E-state index is 0. The number of rotatable bonds is 0. The summed E-state index contributed by atoms with van der Waals surface area (Å²) in [6.45, 7) is 0. The van der Waals surface area contributed by atoms with E-state index in [0.29, 0.717) is 5.75 Å². The Hall–Kier alpha value is -1.61. The molecule has 0 radical (unpaired) electrons. The monoisotopic (exact) mass is 177 g/mol. The van der Waals surface area contributed by atoms with Crippen LogP contribution in [-0.2, 0) is 7.05 Å². The van der Waals surface area contributed by atoms with Gasteiger partial charge < -0.3 is 10.6 Å². The Bertz CT molecular complexity index is 385. The van der Waals surface area contributed by atoms with Crippen molar-refractivity contribution >= 4 is 10.9 Å². The van der Waals surface area contributed by atoms with Crippen LogP contribution >= 0.6 is 0 Å². The van der Waals surface area contributed by atoms with Gasteiger partial charge in [-0.2, -0.15) is 0 Å². The Balaban J connectivity index is 0.000000845. The molecule has 0 saturated heterocycles. The highest BCUT2D eigenvalue weighted by atomic mass is 16.3. The molecule has 0 aliphatic carbocycles. The van der Waals surface area contributed by atoms with Crippen molar-refractivity contribution < 1.29 is 15.1 Å². The molecule has 0 bridgehead atoms. The first kappa shape index (κ1) is 9.48. The first-order valence-corrected chi connectivity index (χ1v) is 3.85. The zero-order valence-corrected chi connectivity index (χ0v) is 7.31. The van der Waals surface area contributed by atoms with E-state index in [0.717, 1.165) is 10.9 Å². The molecule has 2 rings (SSSR count). The summed E-state index contributed by atoms with van der Waals surface area (Å²) in [5.74, 6) is 0.337. The van der Waals surface area contributed by atoms with Crippen LogP contribution in [0.1, 0.15) is 0 Å². The van der Waals surface area contributed by atoms with Crippen molar-refractivity contribution in [3.63, 3.8) is 0 Å². The second-order valence-electron chi connectivity index (χ2n) is 2.83. The van der Waals surface area contributed by atoms with Crippen LogP contribution < -0.4 is 4.57 Å². The van der Waals surface area contributed by atoms with E-state index in [9.17, 15) is 5.11 Å². The average Bonchev–Trinajstić information content (AvgIpc) is 2.07. The molecule has 3 nitrogen and oxygen atoms in total. The van der Waals surface area contributed by atoms with Gasteiger partial charge in [0.2, 0.25) is 5.52 Å². The molecule has 2 N–H and O–H groups in total. The van der Waals surface area contributed by atoms with Crippen molar-refractivity contribution in [3.8, 4) is 5.75 Å². The smallest absolute Gasteiger partial charge is 0.216 e. The number of benzene rings is 1. The van der Waals surface area contributed by atoms with Crippen LogP contribution in [0.4, 0.5) is 0 Å². The van der Waals surface area contributed by atoms with Crippen molar-refractivity contribution in [3.05, 3.63) is 36.5 Å². The third-order valence-corrected chi connectivity index (χ3v) is 2.01. The lowest BCUT2D eigenvalue weighted by Crippen LogP contribution is -2.27. The topological polar surface area (TPSA) is 54.1 Å². The molecule has 68 valence electrons. The quantitative estimate of drug-likeness (QED) is 0.614. The van der Waals surface area contributed by atoms with Crippen molar-refractivity contribution in [1.82, 2.24) is 0 Å². The zero-order chi connectivity index (χ0) is 8.55. The highest BCUT2D eigenvalue weighted by Gasteiger charge is 2.05. The molecular formula is C10H11NO2. The van der Waals surface area contributed by atoms with Gasteiger partial charge in [-0.05, 0) is 12.1 Å². The maximum Gasteiger partial charge on any atom is 0.216 e. The highest BCUT2D eigenvalue weighted by Crippen LogP contribution is 2.20. The fourth-order valence-corrected chi connectivity index (χ4v) is 1.37. The average molecular weight is 177 g/mol. The normalized spacial score (nSPS) is 9.62. The minimum Gasteiger partial charge on any atom is -0.870 e. The Morgan fingerprint density at radius 2 is 1.92 bits per heavy atom. The SMILES string of the molecule is C[n+]1cccc2c(O)cccc21.[OH-]. The first-order valence-electron chi connectivity index (χ1n) is 3.85. The van der Waals surface area contributed by atoms with Crippen LogP contribution in [0.5, 0.6) is 5.75 Å². The van der Waals surface area contributed by atoms with E-state index in [1.54, 1.807) is 6.07 Å². The van der Waals surface area contributed by atoms with E-state index < -0.39 is 0 Å². The maximum atomic E-state index is 9.48. The van der Waals surface area contributed by atoms with Crippen LogP contribution in [0.2, 0.25) is 0 Å². The van der Waals surface area contributed by atoms with E-state index in [1.807, 2.05) is 42.1 Å². The van der Waals surface area contributed by atoms with E-state index in [-0.39, 0.29) is 5.48 Å². The number of fused-ring (bicyclic) bond motifs is 1. The summed E-state index contributed by atoms with van der Waals surface area (Å²) in [5, 5.41) is 10.4. The molecule has 13 heavy (non-hydrogen) atoms. The number of phenolic OH excluding ortho intramolecular Hbond substituents is 1. The second-order valence-corrected chi connectivity index (χ2v) is 2.83. The molecule has 0 fully saturated rings. The van der Waals surface area contributed by atoms with Gasteiger partial charge in [0.1, 0.15) is 12.8 Å². The highest BCUT2D eigenvalue weighted by molar-refractivity contribution is 5.81. The second kappa shape index (κ2) is 3.41. The molecule has 0 saturated carbocycles. The number of aryl methyl sites for hydroxylation is 1. The van der Waals surface area contributed by atoms with Crippen molar-refractivity contribution in [1.29, 1.82) is 0 Å². The molecule has 0 amide bonds. The first-order chi connectivity index (χ1) is 5.79. The van der Waals surface area contributed by atoms with Gasteiger partial charge >= 0.3 is 0 Å². The Morgan fingerprint density at radius 3 is 2.62 bits per heavy atom. The Morgan fingerprint density at radius 1 is 1.15 bits per heavy atom. The van der Waals surface area contributed by atoms with Crippen LogP contribution in [0, 0.1) is 0 Å². The number of hydrogen-bond acceptors (Lipinski definition) is 2. The van der Waals surface area contributed by atoms with E-state index in [2.05, 4.69) is 0 Å². The summed E-state index contributed by atoms with van der Waals surface area (Å²) in [6, 6.07) is 9.35. The van der Waals surface area contributed by atoms with Crippen LogP contribution in [0.3, 0.4) is 0 Å². The molecule has 1 heterocycles. The molecule has 0 aliphatic heterocycles. The fourth-order valence-electron chi connectivity index (χ4n) is 1.37. The molecule has 0 spiro atoms. The summed E-state index contributed by atoms with van der Waals surface area (Å²) >= 11 is 0. The largest absolute Gasteiger partial charge is 0.870 e. The lowest BCUT2D eigenvalue weighted by atomic mass is 10.2. The van der Waals surface area contributed by atoms with E-state index >= 15 is 0 Å². The van der Waals surface area contributed by atoms with Crippen LogP contribution in [0.15, 0.2) is 36.5 Å². The van der Waals surface area contributed by atoms with Gasteiger partial charge in [0.25, 0.3) is 0 Å². The number of aromatic nitrogens is 1. The standard InChI is InChI=1S/C10H9NO.H2O/c1-11-7-3-4-8-9(11)5-2-6-10(8)12;/h2-7H,1H3;1H2. The fraction of sp³-hybridized carbons (Fsp3) is 0.100. The van der Waals surface area contributed by atoms with Gasteiger partial charge in [0, 0.05) is 12.1 Å². The number of pyridine rings is 1. The van der Waals surface area contributed by atoms with Gasteiger partial charge in [-0.1, -0.05) is 6.07 Å². The number of hydrogen-bond donors (Lipinski definition) is 1. The summed E-state index contributed by atoms with van der Waals surface area (Å²) in [7, 11) is 1.96. The van der Waals surface area contributed by atoms with Gasteiger partial charge in [-0.15, -0.1) is 0 Å². The zero-order valence-electron chi connectivity index (χ0n) is 7.31. The predicted octanol–water partition coefficient (Wildman–Crippen LogP) is 1.19. The lowest BCUT2D eigenvalue weighted by molar-refractivity contribution is -0.644. The van der Waals surface area contributed by atoms with Crippen LogP contribution in [0.25, 0.3) is 10.9 Å². The molecule has 0 atom stereocenters. The molecule has 1 aromatic carbocycles. The van der Waals surface area contributed by atoms with Crippen LogP contribution in [-0.4, -0.2) is 10.6 Å². The van der Waals surface area contributed by atoms with E-state index in [1.165, 1.54) is 0 Å². The van der Waals surface area contributed by atoms with Gasteiger partial charge in [0.15, 0.2) is 6.20 Å². The molecule has 3 heteroatoms. The van der Waals surface area contributed by atoms with Gasteiger partial charge in [-0.25, -0.2) is 4.57 Å². The third kappa shape index (κ3) is 1.46. The summed E-state index contributed by atoms with van der Waals surface area (Å²) < 4.78 is 1.98. The molecule has 2 aromatic rings. The lowest BCUT2D eigenvalue weighted by Gasteiger charge is -1.97. The number of phenols is 1. The van der Waals surface area contributed by atoms with Gasteiger partial charge in [-0.3, -0.25) is 0 Å². The van der Waals surface area contributed by atoms with Crippen molar-refractivity contribution in [2.45, 2.75) is 0 Å². The summed E-state index contributed by atoms with van der Waals surface area (Å²) in [5.41, 5.74) is 1.04. The minimum atomic E-state index is 0. The van der Waals surface area contributed by atoms with Crippen molar-refractivity contribution in [2.24, 2.45) is 7.05 Å². The molecule has 0 unspecified atom stereocenters. The molecule has 1 aromatic heterocycles. The Labute approximate surface area is 76.2 Å². The van der Waals surface area contributed by atoms with Gasteiger partial charge in [0.05, 0.1) is 5.39 Å². The predicted molar refractivity (Wildman–Crippen MR) is 48.7 cm³/mol. The van der Waals surface area contributed by atoms with E-state index in [4.69, 9.17) is 0 Å². The third-order valence-electron chi connectivity index (χ3n) is 2.01. The summed E-state index contributed by atoms with van der Waals surface area (Å²) in [4.78, 5) is 0.